The van der Waals surface area contributed by atoms with Crippen molar-refractivity contribution in [1.29, 1.82) is 0 Å². The van der Waals surface area contributed by atoms with Crippen molar-refractivity contribution in [1.82, 2.24) is 29.2 Å². The average Bonchev–Trinajstić information content (AvgIpc) is 3.43. The lowest BCUT2D eigenvalue weighted by molar-refractivity contribution is -0.125. The van der Waals surface area contributed by atoms with Crippen molar-refractivity contribution in [3.8, 4) is 0 Å². The van der Waals surface area contributed by atoms with Crippen LogP contribution in [0, 0.1) is 6.92 Å². The highest BCUT2D eigenvalue weighted by atomic mass is 16.6. The van der Waals surface area contributed by atoms with Crippen LogP contribution in [-0.4, -0.2) is 100 Å². The number of aromatic nitrogens is 3. The predicted octanol–water partition coefficient (Wildman–Crippen LogP) is 3.05. The lowest BCUT2D eigenvalue weighted by atomic mass is 10.1. The molecule has 0 aliphatic carbocycles. The molecular weight excluding hydrogens is 458 g/mol. The van der Waals surface area contributed by atoms with Crippen LogP contribution in [0.15, 0.2) is 24.4 Å². The third-order valence-electron chi connectivity index (χ3n) is 6.84. The maximum absolute atomic E-state index is 12.8. The summed E-state index contributed by atoms with van der Waals surface area (Å²) in [4.78, 5) is 39.9. The van der Waals surface area contributed by atoms with Crippen LogP contribution >= 0.6 is 0 Å². The van der Waals surface area contributed by atoms with Crippen LogP contribution in [0.1, 0.15) is 45.0 Å². The van der Waals surface area contributed by atoms with Gasteiger partial charge in [-0.05, 0) is 53.8 Å². The number of anilines is 1. The Hall–Kier alpha value is -3.14. The van der Waals surface area contributed by atoms with E-state index in [2.05, 4.69) is 28.7 Å². The molecule has 2 aromatic rings. The van der Waals surface area contributed by atoms with Gasteiger partial charge >= 0.3 is 6.09 Å². The smallest absolute Gasteiger partial charge is 0.410 e. The number of nitrogens with one attached hydrogen (secondary N) is 1. The normalized spacial score (nSPS) is 19.2. The number of carbonyl (C=O) groups excluding carboxylic acids is 2. The first-order valence-corrected chi connectivity index (χ1v) is 12.9. The van der Waals surface area contributed by atoms with Gasteiger partial charge in [0.2, 0.25) is 5.91 Å². The van der Waals surface area contributed by atoms with E-state index in [0.29, 0.717) is 32.6 Å². The van der Waals surface area contributed by atoms with Crippen LogP contribution < -0.4 is 5.32 Å². The number of rotatable bonds is 7. The van der Waals surface area contributed by atoms with E-state index in [1.807, 2.05) is 44.3 Å². The fraction of sp³-hybridized carbons (Fsp3) is 0.615. The van der Waals surface area contributed by atoms with E-state index < -0.39 is 0 Å². The van der Waals surface area contributed by atoms with E-state index in [0.717, 1.165) is 42.1 Å². The van der Waals surface area contributed by atoms with Crippen molar-refractivity contribution in [2.24, 2.45) is 0 Å². The lowest BCUT2D eigenvalue weighted by Gasteiger charge is -2.32. The quantitative estimate of drug-likeness (QED) is 0.588. The molecule has 0 saturated carbocycles. The summed E-state index contributed by atoms with van der Waals surface area (Å²) in [6.45, 7) is 9.33. The number of pyridine rings is 1. The molecule has 0 spiro atoms. The van der Waals surface area contributed by atoms with Gasteiger partial charge in [0, 0.05) is 57.0 Å². The first-order valence-electron chi connectivity index (χ1n) is 12.9. The lowest BCUT2D eigenvalue weighted by Crippen LogP contribution is -2.44. The largest absolute Gasteiger partial charge is 0.444 e. The molecule has 2 aliphatic heterocycles. The Morgan fingerprint density at radius 2 is 1.92 bits per heavy atom. The minimum absolute atomic E-state index is 0.0269. The Balaban J connectivity index is 1.26. The maximum Gasteiger partial charge on any atom is 0.410 e. The molecule has 10 nitrogen and oxygen atoms in total. The Morgan fingerprint density at radius 3 is 2.61 bits per heavy atom. The van der Waals surface area contributed by atoms with Crippen LogP contribution in [-0.2, 0) is 9.53 Å². The van der Waals surface area contributed by atoms with E-state index in [4.69, 9.17) is 9.72 Å². The monoisotopic (exact) mass is 497 g/mol. The molecule has 2 saturated heterocycles. The van der Waals surface area contributed by atoms with Crippen molar-refractivity contribution < 1.29 is 14.3 Å². The van der Waals surface area contributed by atoms with Gasteiger partial charge in [-0.25, -0.2) is 14.8 Å². The molecule has 4 rings (SSSR count). The first-order chi connectivity index (χ1) is 17.2. The highest BCUT2D eigenvalue weighted by Gasteiger charge is 2.31. The van der Waals surface area contributed by atoms with Gasteiger partial charge in [-0.3, -0.25) is 4.79 Å². The zero-order valence-electron chi connectivity index (χ0n) is 22.1. The van der Waals surface area contributed by atoms with Gasteiger partial charge in [0.1, 0.15) is 17.4 Å². The predicted molar refractivity (Wildman–Crippen MR) is 140 cm³/mol. The molecule has 36 heavy (non-hydrogen) atoms. The number of ether oxygens (including phenoxy) is 1. The molecule has 2 aromatic heterocycles. The fourth-order valence-electron chi connectivity index (χ4n) is 4.97. The zero-order valence-corrected chi connectivity index (χ0v) is 22.1. The molecule has 0 unspecified atom stereocenters. The average molecular weight is 498 g/mol. The van der Waals surface area contributed by atoms with E-state index in [-0.39, 0.29) is 30.2 Å². The highest BCUT2D eigenvalue weighted by molar-refractivity contribution is 5.88. The third kappa shape index (κ3) is 5.98. The number of likely N-dealkylation sites (tertiary alicyclic amines) is 2. The summed E-state index contributed by atoms with van der Waals surface area (Å²) in [5.74, 6) is 0.928. The highest BCUT2D eigenvalue weighted by Crippen LogP contribution is 2.27. The molecule has 0 radical (unpaired) electrons. The van der Waals surface area contributed by atoms with Crippen LogP contribution in [0.5, 0.6) is 0 Å². The van der Waals surface area contributed by atoms with Crippen molar-refractivity contribution in [2.75, 3.05) is 52.1 Å². The standard InChI is InChI=1S/C26H39N7O3/c1-18(2)33-19(3)28-24-22(8-12-27-25(24)33)29-20-9-14-31(15-10-20)26(35)36-21-11-16-32(17-21)23(34)7-6-13-30(4)5/h6-8,12,18,20-21H,9-11,13-17H2,1-5H3,(H,27,29)/b7-6+/t21-/m0/s1. The van der Waals surface area contributed by atoms with Crippen molar-refractivity contribution in [3.05, 3.63) is 30.2 Å². The number of hydrogen-bond acceptors (Lipinski definition) is 7. The van der Waals surface area contributed by atoms with Crippen LogP contribution in [0.2, 0.25) is 0 Å². The van der Waals surface area contributed by atoms with E-state index in [9.17, 15) is 9.59 Å². The number of carbonyl (C=O) groups is 2. The van der Waals surface area contributed by atoms with Gasteiger partial charge in [0.15, 0.2) is 5.65 Å². The molecule has 2 fully saturated rings. The summed E-state index contributed by atoms with van der Waals surface area (Å²) in [7, 11) is 3.92. The van der Waals surface area contributed by atoms with Crippen molar-refractivity contribution in [3.63, 3.8) is 0 Å². The van der Waals surface area contributed by atoms with E-state index >= 15 is 0 Å². The van der Waals surface area contributed by atoms with Crippen molar-refractivity contribution in [2.45, 2.75) is 58.2 Å². The van der Waals surface area contributed by atoms with Crippen molar-refractivity contribution >= 4 is 28.9 Å². The maximum atomic E-state index is 12.8. The number of fused-ring (bicyclic) bond motifs is 1. The first kappa shape index (κ1) is 25.9. The summed E-state index contributed by atoms with van der Waals surface area (Å²) in [6.07, 6.45) is 7.09. The Labute approximate surface area is 213 Å². The van der Waals surface area contributed by atoms with Gasteiger partial charge in [-0.1, -0.05) is 6.08 Å². The Kier molecular flexibility index (Phi) is 8.13. The molecule has 2 aliphatic rings. The van der Waals surface area contributed by atoms with Crippen LogP contribution in [0.4, 0.5) is 10.5 Å². The second-order valence-corrected chi connectivity index (χ2v) is 10.3. The topological polar surface area (TPSA) is 95.8 Å². The van der Waals surface area contributed by atoms with Gasteiger partial charge in [-0.15, -0.1) is 0 Å². The minimum atomic E-state index is -0.284. The number of piperidine rings is 1. The Bertz CT molecular complexity index is 1100. The molecule has 0 aromatic carbocycles. The molecule has 0 bridgehead atoms. The molecule has 1 atom stereocenters. The number of nitrogens with zero attached hydrogens (tertiary/aromatic N) is 6. The minimum Gasteiger partial charge on any atom is -0.444 e. The second kappa shape index (κ2) is 11.3. The SMILES string of the molecule is Cc1nc2c(NC3CCN(C(=O)O[C@H]4CCN(C(=O)/C=C/CN(C)C)C4)CC3)ccnc2n1C(C)C. The van der Waals surface area contributed by atoms with Gasteiger partial charge in [-0.2, -0.15) is 0 Å². The van der Waals surface area contributed by atoms with E-state index in [1.54, 1.807) is 15.9 Å². The zero-order chi connectivity index (χ0) is 25.8. The summed E-state index contributed by atoms with van der Waals surface area (Å²) in [5, 5.41) is 3.63. The summed E-state index contributed by atoms with van der Waals surface area (Å²) in [5.41, 5.74) is 2.77. The van der Waals surface area contributed by atoms with Gasteiger partial charge < -0.3 is 29.3 Å². The second-order valence-electron chi connectivity index (χ2n) is 10.3. The van der Waals surface area contributed by atoms with E-state index in [1.165, 1.54) is 0 Å². The number of aryl methyl sites for hydroxylation is 1. The third-order valence-corrected chi connectivity index (χ3v) is 6.84. The molecule has 4 heterocycles. The molecule has 196 valence electrons. The number of amides is 2. The Morgan fingerprint density at radius 1 is 1.19 bits per heavy atom. The van der Waals surface area contributed by atoms with Gasteiger partial charge in [0.25, 0.3) is 0 Å². The number of hydrogen-bond donors (Lipinski definition) is 1. The van der Waals surface area contributed by atoms with Crippen LogP contribution in [0.3, 0.4) is 0 Å². The number of imidazole rings is 1. The summed E-state index contributed by atoms with van der Waals surface area (Å²) >= 11 is 0. The summed E-state index contributed by atoms with van der Waals surface area (Å²) < 4.78 is 7.89. The fourth-order valence-corrected chi connectivity index (χ4v) is 4.97. The van der Waals surface area contributed by atoms with Gasteiger partial charge in [0.05, 0.1) is 12.2 Å². The molecule has 10 heteroatoms. The molecule has 1 N–H and O–H groups in total. The molecule has 2 amide bonds. The van der Waals surface area contributed by atoms with Crippen LogP contribution in [0.25, 0.3) is 11.2 Å². The summed E-state index contributed by atoms with van der Waals surface area (Å²) in [6, 6.07) is 2.51. The molecular formula is C26H39N7O3. The number of likely N-dealkylation sites (N-methyl/N-ethyl adjacent to an activating group) is 1.